The van der Waals surface area contributed by atoms with E-state index in [9.17, 15) is 9.59 Å². The van der Waals surface area contributed by atoms with E-state index < -0.39 is 5.56 Å². The maximum absolute atomic E-state index is 11.9. The highest BCUT2D eigenvalue weighted by Crippen LogP contribution is 2.09. The van der Waals surface area contributed by atoms with Crippen LogP contribution < -0.4 is 11.2 Å². The highest BCUT2D eigenvalue weighted by Gasteiger charge is 2.13. The molecule has 2 N–H and O–H groups in total. The second-order valence-corrected chi connectivity index (χ2v) is 4.62. The number of nitrogens with one attached hydrogen (secondary N) is 2. The Balaban J connectivity index is 2.67. The van der Waals surface area contributed by atoms with Gasteiger partial charge in [-0.25, -0.2) is 9.78 Å². The summed E-state index contributed by atoms with van der Waals surface area (Å²) in [5.74, 6) is 1.08. The number of H-pyrrole nitrogens is 2. The van der Waals surface area contributed by atoms with E-state index >= 15 is 0 Å². The van der Waals surface area contributed by atoms with Gasteiger partial charge in [-0.1, -0.05) is 27.2 Å². The molecular formula is C12H18N4O2. The fraction of sp³-hybridized carbons (Fsp3) is 0.583. The van der Waals surface area contributed by atoms with E-state index in [1.807, 2.05) is 6.92 Å². The van der Waals surface area contributed by atoms with E-state index in [-0.39, 0.29) is 5.69 Å². The summed E-state index contributed by atoms with van der Waals surface area (Å²) in [6.07, 6.45) is 1.67. The van der Waals surface area contributed by atoms with Gasteiger partial charge in [-0.05, 0) is 5.92 Å². The van der Waals surface area contributed by atoms with Crippen LogP contribution in [0.3, 0.4) is 0 Å². The van der Waals surface area contributed by atoms with Gasteiger partial charge >= 0.3 is 5.69 Å². The van der Waals surface area contributed by atoms with Crippen molar-refractivity contribution in [1.29, 1.82) is 0 Å². The van der Waals surface area contributed by atoms with Crippen molar-refractivity contribution in [3.63, 3.8) is 0 Å². The second-order valence-electron chi connectivity index (χ2n) is 4.62. The maximum Gasteiger partial charge on any atom is 0.330 e. The summed E-state index contributed by atoms with van der Waals surface area (Å²) in [6.45, 7) is 6.65. The molecule has 1 unspecified atom stereocenters. The number of hydrogen-bond donors (Lipinski definition) is 2. The molecule has 0 aliphatic heterocycles. The molecule has 6 heteroatoms. The number of aryl methyl sites for hydroxylation is 1. The molecule has 6 nitrogen and oxygen atoms in total. The minimum Gasteiger partial charge on any atom is -0.336 e. The Kier molecular flexibility index (Phi) is 3.36. The lowest BCUT2D eigenvalue weighted by atomic mass is 10.1. The number of rotatable bonds is 4. The van der Waals surface area contributed by atoms with E-state index in [0.29, 0.717) is 30.0 Å². The van der Waals surface area contributed by atoms with Crippen molar-refractivity contribution < 1.29 is 0 Å². The zero-order valence-corrected chi connectivity index (χ0v) is 10.9. The molecule has 0 saturated carbocycles. The molecule has 0 amide bonds. The maximum atomic E-state index is 11.9. The van der Waals surface area contributed by atoms with Crippen LogP contribution in [-0.2, 0) is 13.0 Å². The minimum atomic E-state index is -0.400. The van der Waals surface area contributed by atoms with Gasteiger partial charge in [0.2, 0.25) is 0 Å². The zero-order valence-electron chi connectivity index (χ0n) is 10.9. The molecule has 2 rings (SSSR count). The number of fused-ring (bicyclic) bond motifs is 1. The molecule has 2 heterocycles. The summed E-state index contributed by atoms with van der Waals surface area (Å²) >= 11 is 0. The van der Waals surface area contributed by atoms with Crippen LogP contribution in [0.5, 0.6) is 0 Å². The predicted molar refractivity (Wildman–Crippen MR) is 69.8 cm³/mol. The molecule has 0 aromatic carbocycles. The molecule has 0 saturated heterocycles. The van der Waals surface area contributed by atoms with Gasteiger partial charge in [0.05, 0.1) is 0 Å². The third kappa shape index (κ3) is 2.10. The van der Waals surface area contributed by atoms with E-state index in [0.717, 1.165) is 12.2 Å². The van der Waals surface area contributed by atoms with Crippen LogP contribution in [0.15, 0.2) is 9.59 Å². The molecule has 0 bridgehead atoms. The molecule has 0 aliphatic rings. The molecule has 0 fully saturated rings. The Morgan fingerprint density at radius 1 is 1.28 bits per heavy atom. The fourth-order valence-electron chi connectivity index (χ4n) is 1.87. The number of aromatic nitrogens is 4. The molecule has 1 atom stereocenters. The van der Waals surface area contributed by atoms with Crippen LogP contribution in [0.1, 0.15) is 33.0 Å². The molecule has 2 aromatic rings. The van der Waals surface area contributed by atoms with Gasteiger partial charge in [-0.3, -0.25) is 14.3 Å². The zero-order chi connectivity index (χ0) is 13.3. The summed E-state index contributed by atoms with van der Waals surface area (Å²) in [7, 11) is 0. The van der Waals surface area contributed by atoms with E-state index in [4.69, 9.17) is 0 Å². The largest absolute Gasteiger partial charge is 0.336 e. The normalized spacial score (nSPS) is 13.1. The Morgan fingerprint density at radius 3 is 2.61 bits per heavy atom. The Labute approximate surface area is 104 Å². The van der Waals surface area contributed by atoms with Crippen molar-refractivity contribution in [1.82, 2.24) is 19.5 Å². The van der Waals surface area contributed by atoms with Crippen molar-refractivity contribution >= 4 is 11.2 Å². The number of hydrogen-bond acceptors (Lipinski definition) is 3. The third-order valence-corrected chi connectivity index (χ3v) is 3.21. The predicted octanol–water partition coefficient (Wildman–Crippen LogP) is 1.02. The Hall–Kier alpha value is -1.85. The van der Waals surface area contributed by atoms with Gasteiger partial charge in [0, 0.05) is 13.0 Å². The van der Waals surface area contributed by atoms with E-state index in [2.05, 4.69) is 28.8 Å². The molecule has 2 aromatic heterocycles. The Bertz CT molecular complexity index is 665. The summed E-state index contributed by atoms with van der Waals surface area (Å²) in [5, 5.41) is 0. The van der Waals surface area contributed by atoms with Crippen molar-refractivity contribution in [2.75, 3.05) is 0 Å². The van der Waals surface area contributed by atoms with Crippen LogP contribution in [0.2, 0.25) is 0 Å². The lowest BCUT2D eigenvalue weighted by Gasteiger charge is -2.10. The SMILES string of the molecule is CCc1nc2c([nH]1)c(=O)[nH]c(=O)n2CC(C)CC. The highest BCUT2D eigenvalue weighted by atomic mass is 16.2. The van der Waals surface area contributed by atoms with Gasteiger partial charge in [-0.2, -0.15) is 0 Å². The first kappa shape index (κ1) is 12.6. The van der Waals surface area contributed by atoms with Crippen LogP contribution >= 0.6 is 0 Å². The second kappa shape index (κ2) is 4.80. The fourth-order valence-corrected chi connectivity index (χ4v) is 1.87. The van der Waals surface area contributed by atoms with Gasteiger partial charge in [0.1, 0.15) is 11.3 Å². The standard InChI is InChI=1S/C12H18N4O2/c1-4-7(3)6-16-10-9(11(17)15-12(16)18)13-8(5-2)14-10/h7H,4-6H2,1-3H3,(H,13,14)(H,15,17,18). The summed E-state index contributed by atoms with van der Waals surface area (Å²) in [5.41, 5.74) is 0.0557. The summed E-state index contributed by atoms with van der Waals surface area (Å²) < 4.78 is 1.54. The average Bonchev–Trinajstić information content (AvgIpc) is 2.78. The molecule has 0 aliphatic carbocycles. The molecule has 98 valence electrons. The van der Waals surface area contributed by atoms with Crippen LogP contribution in [-0.4, -0.2) is 19.5 Å². The molecular weight excluding hydrogens is 232 g/mol. The van der Waals surface area contributed by atoms with Crippen molar-refractivity contribution in [2.24, 2.45) is 5.92 Å². The molecule has 18 heavy (non-hydrogen) atoms. The Morgan fingerprint density at radius 2 is 2.00 bits per heavy atom. The third-order valence-electron chi connectivity index (χ3n) is 3.21. The quantitative estimate of drug-likeness (QED) is 0.849. The van der Waals surface area contributed by atoms with Crippen molar-refractivity contribution in [2.45, 2.75) is 40.2 Å². The van der Waals surface area contributed by atoms with Crippen LogP contribution in [0.4, 0.5) is 0 Å². The van der Waals surface area contributed by atoms with E-state index in [1.165, 1.54) is 0 Å². The smallest absolute Gasteiger partial charge is 0.330 e. The molecule has 0 spiro atoms. The monoisotopic (exact) mass is 250 g/mol. The first-order valence-corrected chi connectivity index (χ1v) is 6.28. The van der Waals surface area contributed by atoms with Gasteiger partial charge in [0.25, 0.3) is 5.56 Å². The van der Waals surface area contributed by atoms with Crippen LogP contribution in [0, 0.1) is 5.92 Å². The first-order valence-electron chi connectivity index (χ1n) is 6.28. The number of imidazole rings is 1. The summed E-state index contributed by atoms with van der Waals surface area (Å²) in [6, 6.07) is 0. The highest BCUT2D eigenvalue weighted by molar-refractivity contribution is 5.69. The van der Waals surface area contributed by atoms with Gasteiger partial charge in [0.15, 0.2) is 5.65 Å². The molecule has 0 radical (unpaired) electrons. The number of aromatic amines is 2. The average molecular weight is 250 g/mol. The topological polar surface area (TPSA) is 83.5 Å². The van der Waals surface area contributed by atoms with Gasteiger partial charge in [-0.15, -0.1) is 0 Å². The lowest BCUT2D eigenvalue weighted by molar-refractivity contribution is 0.462. The van der Waals surface area contributed by atoms with E-state index in [1.54, 1.807) is 4.57 Å². The summed E-state index contributed by atoms with van der Waals surface area (Å²) in [4.78, 5) is 33.2. The number of nitrogens with zero attached hydrogens (tertiary/aromatic N) is 2. The first-order chi connectivity index (χ1) is 8.56. The van der Waals surface area contributed by atoms with Crippen LogP contribution in [0.25, 0.3) is 11.2 Å². The minimum absolute atomic E-state index is 0.360. The van der Waals surface area contributed by atoms with Crippen molar-refractivity contribution in [3.05, 3.63) is 26.7 Å². The van der Waals surface area contributed by atoms with Crippen molar-refractivity contribution in [3.8, 4) is 0 Å². The van der Waals surface area contributed by atoms with Gasteiger partial charge < -0.3 is 4.98 Å². The lowest BCUT2D eigenvalue weighted by Crippen LogP contribution is -2.31.